The van der Waals surface area contributed by atoms with E-state index >= 15 is 0 Å². The van der Waals surface area contributed by atoms with Gasteiger partial charge < -0.3 is 10.6 Å². The lowest BCUT2D eigenvalue weighted by molar-refractivity contribution is 0.569. The zero-order valence-electron chi connectivity index (χ0n) is 16.3. The van der Waals surface area contributed by atoms with Crippen molar-refractivity contribution < 1.29 is 0 Å². The molecular weight excluding hydrogens is 300 g/mol. The third-order valence-corrected chi connectivity index (χ3v) is 4.17. The molecule has 130 valence electrons. The molecule has 0 aliphatic carbocycles. The average Bonchev–Trinajstić information content (AvgIpc) is 2.35. The minimum atomic E-state index is 0.0576. The third kappa shape index (κ3) is 5.80. The molecule has 0 bridgehead atoms. The van der Waals surface area contributed by atoms with Crippen LogP contribution in [0.3, 0.4) is 0 Å². The standard InChI is InChI=1S/C20H34N2S/c1-13(2)12-21-18(23)22-17-14(3)10-15(19(4,5)6)11-16(17)20(7,8)9/h10-11,13H,12H2,1-9H3,(H2,21,22,23). The van der Waals surface area contributed by atoms with E-state index in [4.69, 9.17) is 12.2 Å². The van der Waals surface area contributed by atoms with Gasteiger partial charge in [0.2, 0.25) is 0 Å². The lowest BCUT2D eigenvalue weighted by Gasteiger charge is -2.29. The van der Waals surface area contributed by atoms with Crippen molar-refractivity contribution in [3.05, 3.63) is 28.8 Å². The molecular formula is C20H34N2S. The molecule has 0 fully saturated rings. The van der Waals surface area contributed by atoms with E-state index in [1.165, 1.54) is 16.7 Å². The lowest BCUT2D eigenvalue weighted by atomic mass is 9.78. The Balaban J connectivity index is 3.23. The highest BCUT2D eigenvalue weighted by Gasteiger charge is 2.24. The van der Waals surface area contributed by atoms with Gasteiger partial charge in [-0.15, -0.1) is 0 Å². The van der Waals surface area contributed by atoms with Gasteiger partial charge in [0.05, 0.1) is 0 Å². The molecule has 0 aliphatic heterocycles. The molecule has 1 aromatic carbocycles. The second kappa shape index (κ2) is 7.21. The van der Waals surface area contributed by atoms with Crippen LogP contribution < -0.4 is 10.6 Å². The van der Waals surface area contributed by atoms with Crippen molar-refractivity contribution in [2.45, 2.75) is 73.1 Å². The maximum Gasteiger partial charge on any atom is 0.170 e. The highest BCUT2D eigenvalue weighted by molar-refractivity contribution is 7.80. The normalized spacial score (nSPS) is 12.4. The fourth-order valence-electron chi connectivity index (χ4n) is 2.43. The summed E-state index contributed by atoms with van der Waals surface area (Å²) in [5.74, 6) is 0.571. The van der Waals surface area contributed by atoms with Gasteiger partial charge in [0.1, 0.15) is 0 Å². The zero-order chi connectivity index (χ0) is 18.0. The van der Waals surface area contributed by atoms with Gasteiger partial charge in [-0.05, 0) is 52.6 Å². The molecule has 1 aromatic rings. The number of nitrogens with one attached hydrogen (secondary N) is 2. The van der Waals surface area contributed by atoms with Gasteiger partial charge in [-0.1, -0.05) is 67.5 Å². The number of hydrogen-bond donors (Lipinski definition) is 2. The van der Waals surface area contributed by atoms with Gasteiger partial charge in [0, 0.05) is 12.2 Å². The molecule has 0 heterocycles. The van der Waals surface area contributed by atoms with Crippen molar-refractivity contribution in [1.82, 2.24) is 5.32 Å². The molecule has 0 aliphatic rings. The van der Waals surface area contributed by atoms with Crippen LogP contribution in [0.1, 0.15) is 72.1 Å². The number of rotatable bonds is 3. The van der Waals surface area contributed by atoms with Crippen molar-refractivity contribution in [2.24, 2.45) is 5.92 Å². The van der Waals surface area contributed by atoms with Gasteiger partial charge >= 0.3 is 0 Å². The monoisotopic (exact) mass is 334 g/mol. The Morgan fingerprint density at radius 1 is 1.04 bits per heavy atom. The van der Waals surface area contributed by atoms with E-state index in [2.05, 4.69) is 85.1 Å². The molecule has 23 heavy (non-hydrogen) atoms. The topological polar surface area (TPSA) is 24.1 Å². The minimum absolute atomic E-state index is 0.0576. The number of hydrogen-bond acceptors (Lipinski definition) is 1. The van der Waals surface area contributed by atoms with Crippen LogP contribution in [-0.2, 0) is 10.8 Å². The maximum absolute atomic E-state index is 5.48. The smallest absolute Gasteiger partial charge is 0.170 e. The van der Waals surface area contributed by atoms with Crippen LogP contribution in [0.4, 0.5) is 5.69 Å². The summed E-state index contributed by atoms with van der Waals surface area (Å²) in [6.45, 7) is 21.0. The maximum atomic E-state index is 5.48. The lowest BCUT2D eigenvalue weighted by Crippen LogP contribution is -2.33. The van der Waals surface area contributed by atoms with E-state index in [0.717, 1.165) is 12.2 Å². The zero-order valence-corrected chi connectivity index (χ0v) is 17.2. The molecule has 0 radical (unpaired) electrons. The van der Waals surface area contributed by atoms with Crippen LogP contribution >= 0.6 is 12.2 Å². The predicted octanol–water partition coefficient (Wildman–Crippen LogP) is 5.53. The molecule has 0 aromatic heterocycles. The minimum Gasteiger partial charge on any atom is -0.362 e. The molecule has 0 unspecified atom stereocenters. The van der Waals surface area contributed by atoms with Crippen molar-refractivity contribution in [2.75, 3.05) is 11.9 Å². The molecule has 0 saturated carbocycles. The van der Waals surface area contributed by atoms with Crippen LogP contribution in [-0.4, -0.2) is 11.7 Å². The first-order chi connectivity index (χ1) is 10.3. The van der Waals surface area contributed by atoms with Gasteiger partial charge in [0.25, 0.3) is 0 Å². The first-order valence-electron chi connectivity index (χ1n) is 8.53. The van der Waals surface area contributed by atoms with Crippen LogP contribution in [0, 0.1) is 12.8 Å². The Labute approximate surface area is 148 Å². The highest BCUT2D eigenvalue weighted by Crippen LogP contribution is 2.36. The van der Waals surface area contributed by atoms with E-state index in [-0.39, 0.29) is 10.8 Å². The Bertz CT molecular complexity index is 560. The quantitative estimate of drug-likeness (QED) is 0.710. The fraction of sp³-hybridized carbons (Fsp3) is 0.650. The Morgan fingerprint density at radius 2 is 1.61 bits per heavy atom. The van der Waals surface area contributed by atoms with Crippen molar-refractivity contribution in [1.29, 1.82) is 0 Å². The van der Waals surface area contributed by atoms with Gasteiger partial charge in [0.15, 0.2) is 5.11 Å². The van der Waals surface area contributed by atoms with Crippen LogP contribution in [0.15, 0.2) is 12.1 Å². The van der Waals surface area contributed by atoms with Crippen molar-refractivity contribution in [3.8, 4) is 0 Å². The van der Waals surface area contributed by atoms with Crippen molar-refractivity contribution in [3.63, 3.8) is 0 Å². The molecule has 2 nitrogen and oxygen atoms in total. The fourth-order valence-corrected chi connectivity index (χ4v) is 2.62. The van der Waals surface area contributed by atoms with Crippen LogP contribution in [0.5, 0.6) is 0 Å². The summed E-state index contributed by atoms with van der Waals surface area (Å²) in [5.41, 5.74) is 5.27. The highest BCUT2D eigenvalue weighted by atomic mass is 32.1. The first-order valence-corrected chi connectivity index (χ1v) is 8.93. The number of aryl methyl sites for hydroxylation is 1. The summed E-state index contributed by atoms with van der Waals surface area (Å²) in [6, 6.07) is 4.61. The predicted molar refractivity (Wildman–Crippen MR) is 108 cm³/mol. The average molecular weight is 335 g/mol. The van der Waals surface area contributed by atoms with Gasteiger partial charge in [-0.3, -0.25) is 0 Å². The number of benzene rings is 1. The second-order valence-corrected chi connectivity index (χ2v) is 9.35. The number of anilines is 1. The Morgan fingerprint density at radius 3 is 2.04 bits per heavy atom. The van der Waals surface area contributed by atoms with Crippen LogP contribution in [0.25, 0.3) is 0 Å². The molecule has 1 rings (SSSR count). The summed E-state index contributed by atoms with van der Waals surface area (Å²) >= 11 is 5.48. The molecule has 0 saturated heterocycles. The summed E-state index contributed by atoms with van der Waals surface area (Å²) in [4.78, 5) is 0. The van der Waals surface area contributed by atoms with E-state index in [1.54, 1.807) is 0 Å². The molecule has 0 atom stereocenters. The van der Waals surface area contributed by atoms with E-state index in [1.807, 2.05) is 0 Å². The molecule has 0 spiro atoms. The molecule has 3 heteroatoms. The molecule has 0 amide bonds. The second-order valence-electron chi connectivity index (χ2n) is 8.94. The summed E-state index contributed by atoms with van der Waals surface area (Å²) in [6.07, 6.45) is 0. The summed E-state index contributed by atoms with van der Waals surface area (Å²) in [5, 5.41) is 7.45. The van der Waals surface area contributed by atoms with E-state index in [0.29, 0.717) is 11.0 Å². The first kappa shape index (κ1) is 20.0. The Kier molecular flexibility index (Phi) is 6.25. The molecule has 2 N–H and O–H groups in total. The van der Waals surface area contributed by atoms with Crippen LogP contribution in [0.2, 0.25) is 0 Å². The summed E-state index contributed by atoms with van der Waals surface area (Å²) in [7, 11) is 0. The SMILES string of the molecule is Cc1cc(C(C)(C)C)cc(C(C)(C)C)c1NC(=S)NCC(C)C. The summed E-state index contributed by atoms with van der Waals surface area (Å²) < 4.78 is 0. The number of thiocarbonyl (C=S) groups is 1. The largest absolute Gasteiger partial charge is 0.362 e. The van der Waals surface area contributed by atoms with Gasteiger partial charge in [-0.25, -0.2) is 0 Å². The van der Waals surface area contributed by atoms with E-state index in [9.17, 15) is 0 Å². The van der Waals surface area contributed by atoms with E-state index < -0.39 is 0 Å². The third-order valence-electron chi connectivity index (χ3n) is 3.92. The van der Waals surface area contributed by atoms with Gasteiger partial charge in [-0.2, -0.15) is 0 Å². The van der Waals surface area contributed by atoms with Crippen molar-refractivity contribution >= 4 is 23.0 Å². The Hall–Kier alpha value is -1.09.